The van der Waals surface area contributed by atoms with E-state index in [0.717, 1.165) is 30.2 Å². The van der Waals surface area contributed by atoms with E-state index >= 15 is 4.79 Å². The molecule has 0 saturated carbocycles. The zero-order valence-electron chi connectivity index (χ0n) is 51.1. The summed E-state index contributed by atoms with van der Waals surface area (Å²) in [5, 5.41) is 4.55. The third kappa shape index (κ3) is 12.1. The lowest BCUT2D eigenvalue weighted by atomic mass is 9.74. The Bertz CT molecular complexity index is 2580. The second-order valence-corrected chi connectivity index (χ2v) is 36.7. The fraction of sp³-hybridized carbons (Fsp3) is 0.657. The Hall–Kier alpha value is -3.16. The van der Waals surface area contributed by atoms with Crippen molar-refractivity contribution in [3.8, 4) is 0 Å². The molecule has 4 aromatic carbocycles. The number of carbonyl (C=O) groups is 1. The molecule has 5 fully saturated rings. The Labute approximate surface area is 482 Å². The van der Waals surface area contributed by atoms with E-state index in [1.54, 1.807) is 7.11 Å². The molecule has 0 aliphatic carbocycles. The Morgan fingerprint density at radius 1 is 0.725 bits per heavy atom. The topological polar surface area (TPSA) is 109 Å². The van der Waals surface area contributed by atoms with E-state index < -0.39 is 64.5 Å². The van der Waals surface area contributed by atoms with Gasteiger partial charge in [0, 0.05) is 38.2 Å². The van der Waals surface area contributed by atoms with Crippen molar-refractivity contribution in [2.45, 2.75) is 230 Å². The fourth-order valence-electron chi connectivity index (χ4n) is 15.5. The normalized spacial score (nSPS) is 32.5. The Balaban J connectivity index is 1.02. The number of hydrogen-bond donors (Lipinski definition) is 0. The summed E-state index contributed by atoms with van der Waals surface area (Å²) in [5.41, 5.74) is 1.24. The van der Waals surface area contributed by atoms with Crippen molar-refractivity contribution >= 4 is 43.6 Å². The lowest BCUT2D eigenvalue weighted by Crippen LogP contribution is -2.70. The summed E-state index contributed by atoms with van der Waals surface area (Å²) in [6.45, 7) is 33.6. The largest absolute Gasteiger partial charge is 0.410 e. The number of ether oxygens (including phenoxy) is 8. The zero-order chi connectivity index (χ0) is 57.4. The van der Waals surface area contributed by atoms with Gasteiger partial charge in [0.05, 0.1) is 62.5 Å². The third-order valence-electron chi connectivity index (χ3n) is 19.7. The number of methoxy groups -OCH3 is 1. The van der Waals surface area contributed by atoms with Crippen molar-refractivity contribution in [1.82, 2.24) is 0 Å². The van der Waals surface area contributed by atoms with E-state index in [0.29, 0.717) is 49.3 Å². The van der Waals surface area contributed by atoms with Crippen molar-refractivity contribution in [3.05, 3.63) is 109 Å². The van der Waals surface area contributed by atoms with E-state index in [2.05, 4.69) is 200 Å². The average molecular weight is 1140 g/mol. The van der Waals surface area contributed by atoms with Crippen molar-refractivity contribution in [2.75, 3.05) is 27.1 Å². The highest BCUT2D eigenvalue weighted by molar-refractivity contribution is 6.99. The molecule has 0 unspecified atom stereocenters. The van der Waals surface area contributed by atoms with Gasteiger partial charge in [0.1, 0.15) is 24.6 Å². The second kappa shape index (κ2) is 25.2. The van der Waals surface area contributed by atoms with Crippen LogP contribution in [-0.2, 0) is 58.1 Å². The average Bonchev–Trinajstić information content (AvgIpc) is 4.03. The minimum Gasteiger partial charge on any atom is -0.410 e. The lowest BCUT2D eigenvalue weighted by Gasteiger charge is -2.56. The molecule has 0 N–H and O–H groups in total. The van der Waals surface area contributed by atoms with Crippen LogP contribution in [0.1, 0.15) is 141 Å². The number of rotatable bonds is 19. The van der Waals surface area contributed by atoms with Gasteiger partial charge >= 0.3 is 0 Å². The van der Waals surface area contributed by atoms with Gasteiger partial charge in [0.2, 0.25) is 8.32 Å². The van der Waals surface area contributed by atoms with E-state index in [4.69, 9.17) is 46.7 Å². The first kappa shape index (κ1) is 61.4. The second-order valence-electron chi connectivity index (χ2n) is 27.0. The molecule has 80 heavy (non-hydrogen) atoms. The number of Topliss-reactive ketones (excluding diaryl/α,β-unsaturated/α-hetero) is 1. The Kier molecular flexibility index (Phi) is 19.3. The summed E-state index contributed by atoms with van der Waals surface area (Å²) in [6.07, 6.45) is -0.140. The summed E-state index contributed by atoms with van der Waals surface area (Å²) >= 11 is 0. The van der Waals surface area contributed by atoms with Crippen LogP contribution in [0.15, 0.2) is 103 Å². The summed E-state index contributed by atoms with van der Waals surface area (Å²) in [6, 6.07) is 36.6. The fourth-order valence-corrected chi connectivity index (χ4v) is 25.8. The van der Waals surface area contributed by atoms with Crippen LogP contribution in [-0.4, -0.2) is 116 Å². The molecule has 11 nitrogen and oxygen atoms in total. The number of benzene rings is 4. The molecule has 0 amide bonds. The Morgan fingerprint density at radius 2 is 1.34 bits per heavy atom. The van der Waals surface area contributed by atoms with Gasteiger partial charge in [0.25, 0.3) is 8.32 Å². The van der Waals surface area contributed by atoms with Crippen molar-refractivity contribution in [3.63, 3.8) is 0 Å². The van der Waals surface area contributed by atoms with E-state index in [1.165, 1.54) is 15.8 Å². The first-order valence-electron chi connectivity index (χ1n) is 30.5. The summed E-state index contributed by atoms with van der Waals surface area (Å²) in [5.74, 6) is -0.952. The third-order valence-corrected chi connectivity index (χ3v) is 30.8. The van der Waals surface area contributed by atoms with Crippen LogP contribution in [0.3, 0.4) is 0 Å². The van der Waals surface area contributed by atoms with Gasteiger partial charge in [-0.25, -0.2) is 0 Å². The first-order valence-corrected chi connectivity index (χ1v) is 34.6. The van der Waals surface area contributed by atoms with Crippen molar-refractivity contribution < 1.29 is 51.5 Å². The molecule has 0 radical (unpaired) electrons. The van der Waals surface area contributed by atoms with Crippen LogP contribution >= 0.6 is 0 Å². The molecule has 5 aliphatic rings. The van der Waals surface area contributed by atoms with Gasteiger partial charge in [-0.3, -0.25) is 4.79 Å². The smallest absolute Gasteiger partial charge is 0.261 e. The molecule has 13 heteroatoms. The van der Waals surface area contributed by atoms with Gasteiger partial charge in [0.15, 0.2) is 11.6 Å². The molecule has 0 bridgehead atoms. The predicted octanol–water partition coefficient (Wildman–Crippen LogP) is 13.1. The maximum atomic E-state index is 15.2. The van der Waals surface area contributed by atoms with Crippen LogP contribution in [0.2, 0.25) is 21.7 Å². The molecule has 9 rings (SSSR count). The maximum absolute atomic E-state index is 15.2. The standard InChI is InChI=1S/C67H98O11Si2/c1-43(2)79(44(3)4,45(5)6)78-60-39-58-59(76-66(60,14)41-73-80(65(11,12)13,53-27-18-16-19-28-53)54-29-20-17-21-30-54)36-46(7)35-56-57(74-58)38-55(68)61(75-56)48(9)63(70-40-50-31-32-51-25-22-23-26-52(51)37-50)64-62(71-42-69-15)47(8)49(10)67(77-64)33-24-34-72-67/h16-23,25-32,37,43-49,56-64H,24,33-36,38-42H2,1-15H3/t46-,47+,48-,49+,56+,57-,58+,59-,60-,61-,62-,63+,64-,66+,67-/m1/s1. The minimum atomic E-state index is -2.98. The van der Waals surface area contributed by atoms with Gasteiger partial charge in [-0.05, 0) is 92.5 Å². The van der Waals surface area contributed by atoms with Crippen molar-refractivity contribution in [1.29, 1.82) is 0 Å². The number of carbonyl (C=O) groups excluding carboxylic acids is 1. The highest BCUT2D eigenvalue weighted by Crippen LogP contribution is 2.51. The number of fused-ring (bicyclic) bond motifs is 3. The minimum absolute atomic E-state index is 0.000152. The molecule has 1 spiro atoms. The quantitative estimate of drug-likeness (QED) is 0.0661. The summed E-state index contributed by atoms with van der Waals surface area (Å²) in [7, 11) is -3.84. The van der Waals surface area contributed by atoms with Crippen LogP contribution < -0.4 is 10.4 Å². The van der Waals surface area contributed by atoms with Crippen molar-refractivity contribution in [2.24, 2.45) is 23.7 Å². The molecule has 5 aliphatic heterocycles. The van der Waals surface area contributed by atoms with E-state index in [-0.39, 0.29) is 66.2 Å². The Morgan fingerprint density at radius 3 is 1.94 bits per heavy atom. The predicted molar refractivity (Wildman–Crippen MR) is 322 cm³/mol. The molecule has 5 heterocycles. The summed E-state index contributed by atoms with van der Waals surface area (Å²) in [4.78, 5) is 15.2. The van der Waals surface area contributed by atoms with Crippen LogP contribution in [0.5, 0.6) is 0 Å². The first-order chi connectivity index (χ1) is 38.1. The zero-order valence-corrected chi connectivity index (χ0v) is 53.1. The van der Waals surface area contributed by atoms with Gasteiger partial charge < -0.3 is 46.7 Å². The van der Waals surface area contributed by atoms with Crippen LogP contribution in [0.25, 0.3) is 10.8 Å². The molecule has 4 aromatic rings. The molecule has 5 saturated heterocycles. The van der Waals surface area contributed by atoms with E-state index in [1.807, 2.05) is 0 Å². The SMILES string of the molecule is COCO[C@@H]1[C@@H](C)[C@H](C)[C@@]2(CCCO2)O[C@H]1[C@@H](OCc1ccc2ccccc2c1)[C@H](C)[C@H]1O[C@H]2C[C@@H](C)C[C@H]3O[C@@](C)(CO[Si](c4ccccc4)(c4ccccc4)C(C)(C)C)[C@H](O[Si](C(C)C)(C(C)C)C(C)C)C[C@@H]3O[C@@H]2CC1=O. The van der Waals surface area contributed by atoms with Gasteiger partial charge in [-0.2, -0.15) is 0 Å². The highest BCUT2D eigenvalue weighted by Gasteiger charge is 2.60. The number of hydrogen-bond acceptors (Lipinski definition) is 11. The molecular formula is C67H98O11Si2. The van der Waals surface area contributed by atoms with Crippen LogP contribution in [0.4, 0.5) is 0 Å². The molecule has 0 aromatic heterocycles. The lowest BCUT2D eigenvalue weighted by molar-refractivity contribution is -0.349. The van der Waals surface area contributed by atoms with Crippen LogP contribution in [0, 0.1) is 23.7 Å². The molecule has 440 valence electrons. The number of ketones is 1. The van der Waals surface area contributed by atoms with Gasteiger partial charge in [-0.15, -0.1) is 0 Å². The molecular weight excluding hydrogens is 1040 g/mol. The maximum Gasteiger partial charge on any atom is 0.261 e. The summed E-state index contributed by atoms with van der Waals surface area (Å²) < 4.78 is 71.3. The highest BCUT2D eigenvalue weighted by atomic mass is 28.4. The molecule has 15 atom stereocenters. The monoisotopic (exact) mass is 1130 g/mol. The van der Waals surface area contributed by atoms with E-state index in [9.17, 15) is 0 Å². The van der Waals surface area contributed by atoms with Gasteiger partial charge in [-0.1, -0.05) is 187 Å².